The molecule has 1 saturated carbocycles. The first-order valence-electron chi connectivity index (χ1n) is 7.74. The summed E-state index contributed by atoms with van der Waals surface area (Å²) < 4.78 is 26.7. The molecule has 1 unspecified atom stereocenters. The van der Waals surface area contributed by atoms with Crippen LogP contribution in [0.3, 0.4) is 0 Å². The lowest BCUT2D eigenvalue weighted by molar-refractivity contribution is 0.357. The van der Waals surface area contributed by atoms with Crippen molar-refractivity contribution in [2.24, 2.45) is 5.92 Å². The van der Waals surface area contributed by atoms with E-state index in [1.165, 1.54) is 4.31 Å². The second kappa shape index (κ2) is 6.90. The van der Waals surface area contributed by atoms with Crippen LogP contribution in [0.2, 0.25) is 0 Å². The van der Waals surface area contributed by atoms with E-state index in [0.29, 0.717) is 10.8 Å². The summed E-state index contributed by atoms with van der Waals surface area (Å²) in [6.45, 7) is 5.88. The van der Waals surface area contributed by atoms with E-state index < -0.39 is 10.0 Å². The lowest BCUT2D eigenvalue weighted by Gasteiger charge is -2.24. The first-order chi connectivity index (χ1) is 9.96. The molecule has 1 aromatic rings. The summed E-state index contributed by atoms with van der Waals surface area (Å²) in [5.74, 6) is 0.530. The van der Waals surface area contributed by atoms with Gasteiger partial charge in [0.25, 0.3) is 0 Å². The Morgan fingerprint density at radius 2 is 1.90 bits per heavy atom. The van der Waals surface area contributed by atoms with Gasteiger partial charge < -0.3 is 5.32 Å². The van der Waals surface area contributed by atoms with Crippen molar-refractivity contribution in [1.29, 1.82) is 0 Å². The van der Waals surface area contributed by atoms with Crippen molar-refractivity contribution >= 4 is 10.0 Å². The minimum atomic E-state index is -3.37. The van der Waals surface area contributed by atoms with Gasteiger partial charge in [-0.2, -0.15) is 4.31 Å². The summed E-state index contributed by atoms with van der Waals surface area (Å²) in [6, 6.07) is 7.31. The van der Waals surface area contributed by atoms with Crippen LogP contribution in [0, 0.1) is 5.92 Å². The zero-order chi connectivity index (χ0) is 15.5. The Morgan fingerprint density at radius 1 is 1.29 bits per heavy atom. The van der Waals surface area contributed by atoms with Crippen molar-refractivity contribution in [3.8, 4) is 0 Å². The van der Waals surface area contributed by atoms with Crippen molar-refractivity contribution in [3.63, 3.8) is 0 Å². The molecule has 1 aliphatic carbocycles. The Hall–Kier alpha value is -0.910. The van der Waals surface area contributed by atoms with Crippen LogP contribution in [0.25, 0.3) is 0 Å². The fraction of sp³-hybridized carbons (Fsp3) is 0.625. The molecule has 0 radical (unpaired) electrons. The summed E-state index contributed by atoms with van der Waals surface area (Å²) in [6.07, 6.45) is 3.38. The normalized spacial score (nSPS) is 17.1. The van der Waals surface area contributed by atoms with Crippen molar-refractivity contribution in [2.45, 2.75) is 50.6 Å². The van der Waals surface area contributed by atoms with Crippen molar-refractivity contribution < 1.29 is 8.42 Å². The third kappa shape index (κ3) is 4.05. The first kappa shape index (κ1) is 16.5. The van der Waals surface area contributed by atoms with Crippen LogP contribution in [0.5, 0.6) is 0 Å². The molecule has 1 fully saturated rings. The van der Waals surface area contributed by atoms with E-state index in [-0.39, 0.29) is 6.04 Å². The molecule has 1 aromatic carbocycles. The number of hydrogen-bond acceptors (Lipinski definition) is 3. The van der Waals surface area contributed by atoms with Crippen LogP contribution in [0.15, 0.2) is 29.2 Å². The molecule has 0 aromatic heterocycles. The lowest BCUT2D eigenvalue weighted by Crippen LogP contribution is -2.36. The highest BCUT2D eigenvalue weighted by atomic mass is 32.2. The molecule has 2 rings (SSSR count). The Labute approximate surface area is 128 Å². The minimum Gasteiger partial charge on any atom is -0.313 e. The Balaban J connectivity index is 2.05. The Morgan fingerprint density at radius 3 is 2.43 bits per heavy atom. The zero-order valence-corrected chi connectivity index (χ0v) is 14.0. The van der Waals surface area contributed by atoms with Gasteiger partial charge in [-0.25, -0.2) is 8.42 Å². The highest BCUT2D eigenvalue weighted by Gasteiger charge is 2.35. The summed E-state index contributed by atoms with van der Waals surface area (Å²) >= 11 is 0. The van der Waals surface area contributed by atoms with Gasteiger partial charge in [0, 0.05) is 19.6 Å². The van der Waals surface area contributed by atoms with Gasteiger partial charge in [0.15, 0.2) is 0 Å². The molecule has 0 heterocycles. The van der Waals surface area contributed by atoms with Crippen LogP contribution < -0.4 is 5.32 Å². The third-order valence-electron chi connectivity index (χ3n) is 4.23. The van der Waals surface area contributed by atoms with E-state index in [2.05, 4.69) is 12.2 Å². The van der Waals surface area contributed by atoms with E-state index in [0.717, 1.165) is 37.9 Å². The molecular formula is C16H26N2O2S. The van der Waals surface area contributed by atoms with E-state index in [4.69, 9.17) is 0 Å². The molecule has 1 aliphatic rings. The van der Waals surface area contributed by atoms with Gasteiger partial charge >= 0.3 is 0 Å². The summed E-state index contributed by atoms with van der Waals surface area (Å²) in [5, 5.41) is 3.31. The summed E-state index contributed by atoms with van der Waals surface area (Å²) in [7, 11) is -1.68. The van der Waals surface area contributed by atoms with E-state index in [9.17, 15) is 8.42 Å². The minimum absolute atomic E-state index is 0.0842. The molecule has 4 nitrogen and oxygen atoms in total. The molecule has 0 bridgehead atoms. The molecule has 118 valence electrons. The number of rotatable bonds is 8. The van der Waals surface area contributed by atoms with E-state index >= 15 is 0 Å². The molecule has 1 atom stereocenters. The van der Waals surface area contributed by atoms with Crippen LogP contribution >= 0.6 is 0 Å². The fourth-order valence-electron chi connectivity index (χ4n) is 2.45. The monoisotopic (exact) mass is 310 g/mol. The second-order valence-electron chi connectivity index (χ2n) is 5.92. The highest BCUT2D eigenvalue weighted by molar-refractivity contribution is 7.89. The molecule has 0 spiro atoms. The third-order valence-corrected chi connectivity index (χ3v) is 6.19. The van der Waals surface area contributed by atoms with Gasteiger partial charge in [-0.1, -0.05) is 19.1 Å². The van der Waals surface area contributed by atoms with Crippen LogP contribution in [0.4, 0.5) is 0 Å². The predicted molar refractivity (Wildman–Crippen MR) is 85.6 cm³/mol. The molecular weight excluding hydrogens is 284 g/mol. The Bertz CT molecular complexity index is 550. The molecule has 0 aliphatic heterocycles. The van der Waals surface area contributed by atoms with Crippen LogP contribution in [-0.4, -0.2) is 32.4 Å². The number of nitrogens with one attached hydrogen (secondary N) is 1. The average Bonchev–Trinajstić information content (AvgIpc) is 3.31. The Kier molecular flexibility index (Phi) is 5.41. The van der Waals surface area contributed by atoms with Crippen molar-refractivity contribution in [3.05, 3.63) is 29.8 Å². The quantitative estimate of drug-likeness (QED) is 0.751. The zero-order valence-electron chi connectivity index (χ0n) is 13.2. The van der Waals surface area contributed by atoms with Crippen molar-refractivity contribution in [2.75, 3.05) is 13.6 Å². The first-order valence-corrected chi connectivity index (χ1v) is 9.18. The molecule has 21 heavy (non-hydrogen) atoms. The number of hydrogen-bond donors (Lipinski definition) is 1. The maximum absolute atomic E-state index is 12.6. The smallest absolute Gasteiger partial charge is 0.243 e. The summed E-state index contributed by atoms with van der Waals surface area (Å²) in [5.41, 5.74) is 1.11. The van der Waals surface area contributed by atoms with Gasteiger partial charge in [-0.15, -0.1) is 0 Å². The van der Waals surface area contributed by atoms with Gasteiger partial charge in [0.1, 0.15) is 0 Å². The highest BCUT2D eigenvalue weighted by Crippen LogP contribution is 2.36. The molecule has 1 N–H and O–H groups in total. The largest absolute Gasteiger partial charge is 0.313 e. The van der Waals surface area contributed by atoms with Crippen molar-refractivity contribution in [1.82, 2.24) is 9.62 Å². The SMILES string of the molecule is CCCNCc1ccc(S(=O)(=O)N(C)C(C)C2CC2)cc1. The van der Waals surface area contributed by atoms with Gasteiger partial charge in [-0.05, 0) is 56.3 Å². The standard InChI is InChI=1S/C16H26N2O2S/c1-4-11-17-12-14-5-9-16(10-6-14)21(19,20)18(3)13(2)15-7-8-15/h5-6,9-10,13,15,17H,4,7-8,11-12H2,1-3H3. The maximum Gasteiger partial charge on any atom is 0.243 e. The number of benzene rings is 1. The number of sulfonamides is 1. The van der Waals surface area contributed by atoms with Gasteiger partial charge in [0.2, 0.25) is 10.0 Å². The molecule has 0 amide bonds. The van der Waals surface area contributed by atoms with E-state index in [1.54, 1.807) is 19.2 Å². The van der Waals surface area contributed by atoms with Crippen LogP contribution in [-0.2, 0) is 16.6 Å². The van der Waals surface area contributed by atoms with E-state index in [1.807, 2.05) is 19.1 Å². The second-order valence-corrected chi connectivity index (χ2v) is 7.92. The average molecular weight is 310 g/mol. The maximum atomic E-state index is 12.6. The number of nitrogens with zero attached hydrogens (tertiary/aromatic N) is 1. The lowest BCUT2D eigenvalue weighted by atomic mass is 10.2. The predicted octanol–water partition coefficient (Wildman–Crippen LogP) is 2.61. The van der Waals surface area contributed by atoms with Gasteiger partial charge in [0.05, 0.1) is 4.90 Å². The molecule has 0 saturated heterocycles. The summed E-state index contributed by atoms with van der Waals surface area (Å²) in [4.78, 5) is 0.386. The van der Waals surface area contributed by atoms with Crippen LogP contribution in [0.1, 0.15) is 38.7 Å². The fourth-order valence-corrected chi connectivity index (χ4v) is 3.87. The molecule has 5 heteroatoms. The van der Waals surface area contributed by atoms with Gasteiger partial charge in [-0.3, -0.25) is 0 Å². The topological polar surface area (TPSA) is 49.4 Å².